The lowest BCUT2D eigenvalue weighted by atomic mass is 9.93. The number of piperidine rings is 1. The van der Waals surface area contributed by atoms with E-state index in [1.807, 2.05) is 30.3 Å². The smallest absolute Gasteiger partial charge is 0.240 e. The van der Waals surface area contributed by atoms with Gasteiger partial charge in [-0.15, -0.1) is 0 Å². The van der Waals surface area contributed by atoms with Crippen LogP contribution in [0.1, 0.15) is 16.7 Å². The summed E-state index contributed by atoms with van der Waals surface area (Å²) in [5.74, 6) is -0.246. The van der Waals surface area contributed by atoms with Gasteiger partial charge in [-0.1, -0.05) is 88.9 Å². The Labute approximate surface area is 236 Å². The quantitative estimate of drug-likeness (QED) is 0.323. The van der Waals surface area contributed by atoms with Crippen LogP contribution in [0.15, 0.2) is 77.9 Å². The van der Waals surface area contributed by atoms with Crippen LogP contribution >= 0.6 is 46.4 Å². The number of benzene rings is 3. The average Bonchev–Trinajstić information content (AvgIpc) is 2.89. The molecule has 0 aliphatic carbocycles. The predicted molar refractivity (Wildman–Crippen MR) is 153 cm³/mol. The first kappa shape index (κ1) is 27.4. The highest BCUT2D eigenvalue weighted by Gasteiger charge is 2.32. The number of carbonyl (C=O) groups is 2. The first-order chi connectivity index (χ1) is 17.7. The number of Topliss-reactive ketones (excluding diaryl/α,β-unsaturated/α-hetero) is 1. The fourth-order valence-electron chi connectivity index (χ4n) is 4.18. The second kappa shape index (κ2) is 12.3. The maximum Gasteiger partial charge on any atom is 0.240 e. The molecule has 1 fully saturated rings. The topological polar surface area (TPSA) is 49.4 Å². The number of hydrogen-bond acceptors (Lipinski definition) is 3. The molecular formula is C29H24Cl4N2O2. The van der Waals surface area contributed by atoms with Gasteiger partial charge in [0.25, 0.3) is 0 Å². The summed E-state index contributed by atoms with van der Waals surface area (Å²) in [5, 5.41) is 4.76. The number of halogens is 4. The van der Waals surface area contributed by atoms with E-state index in [2.05, 4.69) is 5.32 Å². The minimum Gasteiger partial charge on any atom is -0.332 e. The van der Waals surface area contributed by atoms with Gasteiger partial charge in [-0.3, -0.25) is 9.59 Å². The second-order valence-corrected chi connectivity index (χ2v) is 10.4. The molecule has 1 atom stereocenters. The van der Waals surface area contributed by atoms with Crippen molar-refractivity contribution in [2.75, 3.05) is 20.1 Å². The van der Waals surface area contributed by atoms with Crippen molar-refractivity contribution in [2.45, 2.75) is 12.5 Å². The first-order valence-corrected chi connectivity index (χ1v) is 13.1. The molecule has 1 amide bonds. The summed E-state index contributed by atoms with van der Waals surface area (Å²) >= 11 is 24.5. The minimum absolute atomic E-state index is 0.0982. The van der Waals surface area contributed by atoms with Gasteiger partial charge in [0.2, 0.25) is 5.91 Å². The highest BCUT2D eigenvalue weighted by Crippen LogP contribution is 2.28. The molecule has 0 aromatic heterocycles. The molecule has 1 N–H and O–H groups in total. The molecule has 190 valence electrons. The molecule has 8 heteroatoms. The van der Waals surface area contributed by atoms with Crippen molar-refractivity contribution in [3.8, 4) is 0 Å². The summed E-state index contributed by atoms with van der Waals surface area (Å²) in [6, 6.07) is 19.7. The molecule has 1 saturated heterocycles. The zero-order valence-electron chi connectivity index (χ0n) is 20.0. The van der Waals surface area contributed by atoms with E-state index in [1.165, 1.54) is 0 Å². The molecule has 1 aliphatic rings. The standard InChI is InChI=1S/C29H24Cl4N2O2/c1-34-27(15-18-5-3-2-4-6-18)29(37)35-16-21(11-19-7-9-23(30)25(32)13-19)28(36)22(17-35)12-20-8-10-24(31)26(33)14-20/h2-14,27,34H,15-17H2,1H3/b21-11+,22-12+/t27-/m0/s1. The van der Waals surface area contributed by atoms with E-state index in [9.17, 15) is 9.59 Å². The number of rotatable bonds is 6. The third kappa shape index (κ3) is 6.84. The Morgan fingerprint density at radius 2 is 1.35 bits per heavy atom. The van der Waals surface area contributed by atoms with Crippen LogP contribution in [0.4, 0.5) is 0 Å². The van der Waals surface area contributed by atoms with Gasteiger partial charge >= 0.3 is 0 Å². The van der Waals surface area contributed by atoms with E-state index in [4.69, 9.17) is 46.4 Å². The molecule has 4 nitrogen and oxygen atoms in total. The van der Waals surface area contributed by atoms with Crippen molar-refractivity contribution in [3.05, 3.63) is 115 Å². The lowest BCUT2D eigenvalue weighted by molar-refractivity contribution is -0.133. The molecule has 37 heavy (non-hydrogen) atoms. The normalized spacial score (nSPS) is 16.9. The van der Waals surface area contributed by atoms with Gasteiger partial charge in [0.1, 0.15) is 0 Å². The van der Waals surface area contributed by atoms with Crippen LogP contribution in [0.3, 0.4) is 0 Å². The van der Waals surface area contributed by atoms with E-state index < -0.39 is 6.04 Å². The maximum absolute atomic E-state index is 13.7. The molecule has 0 saturated carbocycles. The summed E-state index contributed by atoms with van der Waals surface area (Å²) in [7, 11) is 1.76. The van der Waals surface area contributed by atoms with E-state index in [-0.39, 0.29) is 24.8 Å². The average molecular weight is 574 g/mol. The van der Waals surface area contributed by atoms with Gasteiger partial charge in [-0.25, -0.2) is 0 Å². The fraction of sp³-hybridized carbons (Fsp3) is 0.172. The summed E-state index contributed by atoms with van der Waals surface area (Å²) < 4.78 is 0. The van der Waals surface area contributed by atoms with E-state index in [0.29, 0.717) is 37.7 Å². The lowest BCUT2D eigenvalue weighted by Gasteiger charge is -2.33. The van der Waals surface area contributed by atoms with Crippen molar-refractivity contribution in [2.24, 2.45) is 0 Å². The van der Waals surface area contributed by atoms with Crippen molar-refractivity contribution < 1.29 is 9.59 Å². The Bertz CT molecular complexity index is 1310. The Morgan fingerprint density at radius 1 is 0.838 bits per heavy atom. The summed E-state index contributed by atoms with van der Waals surface area (Å²) in [4.78, 5) is 28.9. The lowest BCUT2D eigenvalue weighted by Crippen LogP contribution is -2.50. The minimum atomic E-state index is -0.451. The first-order valence-electron chi connectivity index (χ1n) is 11.6. The van der Waals surface area contributed by atoms with Gasteiger partial charge in [-0.05, 0) is 66.6 Å². The van der Waals surface area contributed by atoms with Crippen molar-refractivity contribution in [1.82, 2.24) is 10.2 Å². The van der Waals surface area contributed by atoms with Crippen LogP contribution in [0.2, 0.25) is 20.1 Å². The van der Waals surface area contributed by atoms with Crippen molar-refractivity contribution in [1.29, 1.82) is 0 Å². The fourth-order valence-corrected chi connectivity index (χ4v) is 4.80. The Hall–Kier alpha value is -2.60. The van der Waals surface area contributed by atoms with E-state index in [1.54, 1.807) is 60.5 Å². The highest BCUT2D eigenvalue weighted by atomic mass is 35.5. The summed E-state index contributed by atoms with van der Waals surface area (Å²) in [5.41, 5.74) is 3.42. The van der Waals surface area contributed by atoms with Crippen LogP contribution in [0, 0.1) is 0 Å². The number of likely N-dealkylation sites (N-methyl/N-ethyl adjacent to an activating group) is 1. The molecule has 3 aromatic rings. The van der Waals surface area contributed by atoms with Gasteiger partial charge in [0.05, 0.1) is 26.1 Å². The predicted octanol–water partition coefficient (Wildman–Crippen LogP) is 7.01. The Kier molecular flexibility index (Phi) is 9.12. The van der Waals surface area contributed by atoms with E-state index >= 15 is 0 Å². The molecular weight excluding hydrogens is 550 g/mol. The van der Waals surface area contributed by atoms with Crippen LogP contribution in [0.5, 0.6) is 0 Å². The molecule has 0 radical (unpaired) electrons. The molecule has 1 heterocycles. The van der Waals surface area contributed by atoms with Gasteiger partial charge < -0.3 is 10.2 Å². The number of carbonyl (C=O) groups excluding carboxylic acids is 2. The number of nitrogens with one attached hydrogen (secondary N) is 1. The number of hydrogen-bond donors (Lipinski definition) is 1. The molecule has 3 aromatic carbocycles. The Morgan fingerprint density at radius 3 is 1.81 bits per heavy atom. The molecule has 1 aliphatic heterocycles. The highest BCUT2D eigenvalue weighted by molar-refractivity contribution is 6.42. The molecule has 0 spiro atoms. The van der Waals surface area contributed by atoms with Gasteiger partial charge in [-0.2, -0.15) is 0 Å². The molecule has 0 unspecified atom stereocenters. The third-order valence-electron chi connectivity index (χ3n) is 6.12. The number of ketones is 1. The van der Waals surface area contributed by atoms with Crippen LogP contribution in [-0.2, 0) is 16.0 Å². The Balaban J connectivity index is 1.70. The number of likely N-dealkylation sites (tertiary alicyclic amines) is 1. The number of amides is 1. The number of nitrogens with zero attached hydrogens (tertiary/aromatic N) is 1. The van der Waals surface area contributed by atoms with Crippen LogP contribution < -0.4 is 5.32 Å². The van der Waals surface area contributed by atoms with Gasteiger partial charge in [0, 0.05) is 24.2 Å². The molecule has 4 rings (SSSR count). The maximum atomic E-state index is 13.7. The second-order valence-electron chi connectivity index (χ2n) is 8.74. The van der Waals surface area contributed by atoms with Crippen molar-refractivity contribution in [3.63, 3.8) is 0 Å². The van der Waals surface area contributed by atoms with Crippen LogP contribution in [-0.4, -0.2) is 42.8 Å². The largest absolute Gasteiger partial charge is 0.332 e. The van der Waals surface area contributed by atoms with Crippen molar-refractivity contribution >= 4 is 70.2 Å². The van der Waals surface area contributed by atoms with Crippen LogP contribution in [0.25, 0.3) is 12.2 Å². The van der Waals surface area contributed by atoms with Gasteiger partial charge in [0.15, 0.2) is 5.78 Å². The monoisotopic (exact) mass is 572 g/mol. The summed E-state index contributed by atoms with van der Waals surface area (Å²) in [6.07, 6.45) is 4.02. The third-order valence-corrected chi connectivity index (χ3v) is 7.59. The zero-order valence-corrected chi connectivity index (χ0v) is 23.0. The zero-order chi connectivity index (χ0) is 26.5. The molecule has 0 bridgehead atoms. The summed E-state index contributed by atoms with van der Waals surface area (Å²) in [6.45, 7) is 0.340. The van der Waals surface area contributed by atoms with E-state index in [0.717, 1.165) is 16.7 Å². The SMILES string of the molecule is CN[C@@H](Cc1ccccc1)C(=O)N1C/C(=C\c2ccc(Cl)c(Cl)c2)C(=O)/C(=C/c2ccc(Cl)c(Cl)c2)C1.